The molecular weight excluding hydrogens is 314 g/mol. The third-order valence-electron chi connectivity index (χ3n) is 3.23. The molecule has 1 N–H and O–H groups in total. The number of nitrogens with zero attached hydrogens (tertiary/aromatic N) is 2. The van der Waals surface area contributed by atoms with E-state index in [0.717, 1.165) is 22.1 Å². The Morgan fingerprint density at radius 1 is 1.22 bits per heavy atom. The van der Waals surface area contributed by atoms with Crippen LogP contribution in [0.15, 0.2) is 5.16 Å². The zero-order valence-electron chi connectivity index (χ0n) is 14.4. The van der Waals surface area contributed by atoms with Crippen LogP contribution >= 0.6 is 11.8 Å². The number of hydrogen-bond donors (Lipinski definition) is 1. The lowest BCUT2D eigenvalue weighted by Gasteiger charge is -2.10. The third kappa shape index (κ3) is 6.99. The second-order valence-electron chi connectivity index (χ2n) is 5.72. The quantitative estimate of drug-likeness (QED) is 0.443. The van der Waals surface area contributed by atoms with Gasteiger partial charge in [0.2, 0.25) is 0 Å². The summed E-state index contributed by atoms with van der Waals surface area (Å²) in [5, 5.41) is 3.43. The Bertz CT molecular complexity index is 538. The molecule has 0 fully saturated rings. The van der Waals surface area contributed by atoms with E-state index in [1.807, 2.05) is 34.0 Å². The molecule has 1 heterocycles. The maximum atomic E-state index is 11.8. The smallest absolute Gasteiger partial charge is 0.306 e. The van der Waals surface area contributed by atoms with E-state index in [0.29, 0.717) is 18.9 Å². The van der Waals surface area contributed by atoms with Gasteiger partial charge in [-0.05, 0) is 38.0 Å². The molecule has 6 nitrogen and oxygen atoms in total. The van der Waals surface area contributed by atoms with Crippen LogP contribution in [0.4, 0.5) is 0 Å². The summed E-state index contributed by atoms with van der Waals surface area (Å²) in [7, 11) is 0. The van der Waals surface area contributed by atoms with Crippen LogP contribution in [-0.4, -0.2) is 41.3 Å². The molecule has 128 valence electrons. The molecule has 0 radical (unpaired) electrons. The van der Waals surface area contributed by atoms with E-state index in [1.54, 1.807) is 0 Å². The largest absolute Gasteiger partial charge is 0.456 e. The highest BCUT2D eigenvalue weighted by Gasteiger charge is 2.12. The van der Waals surface area contributed by atoms with Crippen LogP contribution in [0.5, 0.6) is 0 Å². The Labute approximate surface area is 141 Å². The average molecular weight is 339 g/mol. The van der Waals surface area contributed by atoms with Gasteiger partial charge in [0.1, 0.15) is 0 Å². The molecule has 1 rings (SSSR count). The van der Waals surface area contributed by atoms with E-state index in [2.05, 4.69) is 15.3 Å². The summed E-state index contributed by atoms with van der Waals surface area (Å²) in [5.74, 6) is -0.297. The standard InChI is InChI=1S/C16H25N3O3S/c1-10(2)8-17-14(20)9-22-15(21)7-6-13-11(3)18-16(23-5)19-12(13)4/h10H,6-9H2,1-5H3,(H,17,20). The third-order valence-corrected chi connectivity index (χ3v) is 3.78. The Balaban J connectivity index is 2.43. The van der Waals surface area contributed by atoms with Crippen molar-refractivity contribution in [3.63, 3.8) is 0 Å². The summed E-state index contributed by atoms with van der Waals surface area (Å²) >= 11 is 1.49. The molecule has 0 atom stereocenters. The van der Waals surface area contributed by atoms with Gasteiger partial charge in [0, 0.05) is 24.4 Å². The van der Waals surface area contributed by atoms with Crippen LogP contribution in [-0.2, 0) is 20.7 Å². The molecule has 0 bridgehead atoms. The summed E-state index contributed by atoms with van der Waals surface area (Å²) < 4.78 is 4.99. The number of esters is 1. The van der Waals surface area contributed by atoms with Crippen molar-refractivity contribution < 1.29 is 14.3 Å². The van der Waals surface area contributed by atoms with Crippen molar-refractivity contribution in [1.29, 1.82) is 0 Å². The van der Waals surface area contributed by atoms with Crippen LogP contribution in [0.2, 0.25) is 0 Å². The number of ether oxygens (including phenoxy) is 1. The number of aryl methyl sites for hydroxylation is 2. The van der Waals surface area contributed by atoms with Crippen molar-refractivity contribution in [2.24, 2.45) is 5.92 Å². The second kappa shape index (κ2) is 9.50. The fraction of sp³-hybridized carbons (Fsp3) is 0.625. The number of carbonyl (C=O) groups is 2. The van der Waals surface area contributed by atoms with Gasteiger partial charge < -0.3 is 10.1 Å². The van der Waals surface area contributed by atoms with Crippen molar-refractivity contribution >= 4 is 23.6 Å². The molecule has 0 aliphatic rings. The normalized spacial score (nSPS) is 10.7. The molecule has 0 unspecified atom stereocenters. The summed E-state index contributed by atoms with van der Waals surface area (Å²) in [4.78, 5) is 32.0. The van der Waals surface area contributed by atoms with Crippen molar-refractivity contribution in [2.45, 2.75) is 45.7 Å². The number of aromatic nitrogens is 2. The van der Waals surface area contributed by atoms with E-state index in [9.17, 15) is 9.59 Å². The highest BCUT2D eigenvalue weighted by atomic mass is 32.2. The summed E-state index contributed by atoms with van der Waals surface area (Å²) in [5.41, 5.74) is 2.72. The zero-order valence-corrected chi connectivity index (χ0v) is 15.2. The van der Waals surface area contributed by atoms with E-state index in [4.69, 9.17) is 4.74 Å². The molecule has 1 aromatic heterocycles. The average Bonchev–Trinajstić information content (AvgIpc) is 2.49. The van der Waals surface area contributed by atoms with Gasteiger partial charge in [-0.15, -0.1) is 0 Å². The number of rotatable bonds is 8. The van der Waals surface area contributed by atoms with Crippen LogP contribution in [0.1, 0.15) is 37.2 Å². The van der Waals surface area contributed by atoms with Gasteiger partial charge in [0.05, 0.1) is 0 Å². The first-order valence-electron chi connectivity index (χ1n) is 7.64. The Morgan fingerprint density at radius 3 is 2.35 bits per heavy atom. The molecule has 0 saturated carbocycles. The molecule has 0 aliphatic heterocycles. The van der Waals surface area contributed by atoms with Crippen LogP contribution in [0, 0.1) is 19.8 Å². The molecule has 1 amide bonds. The predicted molar refractivity (Wildman–Crippen MR) is 90.4 cm³/mol. The number of carbonyl (C=O) groups excluding carboxylic acids is 2. The monoisotopic (exact) mass is 339 g/mol. The van der Waals surface area contributed by atoms with Crippen molar-refractivity contribution in [2.75, 3.05) is 19.4 Å². The molecule has 0 aromatic carbocycles. The molecule has 0 saturated heterocycles. The van der Waals surface area contributed by atoms with Gasteiger partial charge in [0.15, 0.2) is 11.8 Å². The molecule has 0 spiro atoms. The van der Waals surface area contributed by atoms with Crippen molar-refractivity contribution in [1.82, 2.24) is 15.3 Å². The summed E-state index contributed by atoms with van der Waals surface area (Å²) in [6.07, 6.45) is 2.65. The van der Waals surface area contributed by atoms with Gasteiger partial charge in [-0.1, -0.05) is 25.6 Å². The minimum atomic E-state index is -0.391. The van der Waals surface area contributed by atoms with Gasteiger partial charge in [-0.2, -0.15) is 0 Å². The van der Waals surface area contributed by atoms with Crippen molar-refractivity contribution in [3.05, 3.63) is 17.0 Å². The van der Waals surface area contributed by atoms with Gasteiger partial charge >= 0.3 is 5.97 Å². The maximum absolute atomic E-state index is 11.8. The molecule has 23 heavy (non-hydrogen) atoms. The highest BCUT2D eigenvalue weighted by Crippen LogP contribution is 2.17. The second-order valence-corrected chi connectivity index (χ2v) is 6.49. The van der Waals surface area contributed by atoms with Crippen LogP contribution in [0.3, 0.4) is 0 Å². The molecule has 7 heteroatoms. The van der Waals surface area contributed by atoms with Gasteiger partial charge in [0.25, 0.3) is 5.91 Å². The van der Waals surface area contributed by atoms with E-state index in [-0.39, 0.29) is 18.9 Å². The number of nitrogens with one attached hydrogen (secondary N) is 1. The minimum absolute atomic E-state index is 0.209. The zero-order chi connectivity index (χ0) is 17.4. The lowest BCUT2D eigenvalue weighted by molar-refractivity contribution is -0.148. The lowest BCUT2D eigenvalue weighted by atomic mass is 10.1. The van der Waals surface area contributed by atoms with Gasteiger partial charge in [-0.25, -0.2) is 9.97 Å². The van der Waals surface area contributed by atoms with Crippen LogP contribution < -0.4 is 5.32 Å². The Morgan fingerprint density at radius 2 is 1.83 bits per heavy atom. The molecular formula is C16H25N3O3S. The van der Waals surface area contributed by atoms with E-state index in [1.165, 1.54) is 11.8 Å². The Kier molecular flexibility index (Phi) is 8.02. The lowest BCUT2D eigenvalue weighted by Crippen LogP contribution is -2.31. The van der Waals surface area contributed by atoms with E-state index >= 15 is 0 Å². The number of amides is 1. The fourth-order valence-corrected chi connectivity index (χ4v) is 2.43. The first kappa shape index (κ1) is 19.4. The summed E-state index contributed by atoms with van der Waals surface area (Å²) in [6.45, 7) is 8.17. The number of hydrogen-bond acceptors (Lipinski definition) is 6. The summed E-state index contributed by atoms with van der Waals surface area (Å²) in [6, 6.07) is 0. The van der Waals surface area contributed by atoms with Crippen LogP contribution in [0.25, 0.3) is 0 Å². The maximum Gasteiger partial charge on any atom is 0.306 e. The van der Waals surface area contributed by atoms with Crippen molar-refractivity contribution in [3.8, 4) is 0 Å². The topological polar surface area (TPSA) is 81.2 Å². The van der Waals surface area contributed by atoms with Gasteiger partial charge in [-0.3, -0.25) is 9.59 Å². The minimum Gasteiger partial charge on any atom is -0.456 e. The molecule has 0 aliphatic carbocycles. The SMILES string of the molecule is CSc1nc(C)c(CCC(=O)OCC(=O)NCC(C)C)c(C)n1. The first-order chi connectivity index (χ1) is 10.8. The number of thioether (sulfide) groups is 1. The highest BCUT2D eigenvalue weighted by molar-refractivity contribution is 7.98. The molecule has 1 aromatic rings. The predicted octanol–water partition coefficient (Wildman–Crippen LogP) is 2.06. The first-order valence-corrected chi connectivity index (χ1v) is 8.86. The fourth-order valence-electron chi connectivity index (χ4n) is 1.98. The Hall–Kier alpha value is -1.63. The van der Waals surface area contributed by atoms with E-state index < -0.39 is 5.97 Å².